The normalized spacial score (nSPS) is 37.7. The number of pyridine rings is 1. The maximum Gasteiger partial charge on any atom is 0.419 e. The summed E-state index contributed by atoms with van der Waals surface area (Å²) in [5.41, 5.74) is -4.88. The maximum atomic E-state index is 13.2. The van der Waals surface area contributed by atoms with E-state index >= 15 is 0 Å². The van der Waals surface area contributed by atoms with Gasteiger partial charge in [0.2, 0.25) is 11.8 Å². The van der Waals surface area contributed by atoms with Crippen LogP contribution in [0.1, 0.15) is 31.5 Å². The molecule has 7 nitrogen and oxygen atoms in total. The molecule has 0 aromatic carbocycles. The van der Waals surface area contributed by atoms with Crippen molar-refractivity contribution in [3.05, 3.63) is 23.5 Å². The summed E-state index contributed by atoms with van der Waals surface area (Å²) >= 11 is 0. The monoisotopic (exact) mass is 381 g/mol. The molecule has 10 heteroatoms. The lowest BCUT2D eigenvalue weighted by Gasteiger charge is -2.31. The van der Waals surface area contributed by atoms with Crippen molar-refractivity contribution in [3.8, 4) is 6.07 Å². The number of amides is 2. The van der Waals surface area contributed by atoms with Crippen LogP contribution < -0.4 is 4.90 Å². The van der Waals surface area contributed by atoms with E-state index in [-0.39, 0.29) is 12.1 Å². The van der Waals surface area contributed by atoms with E-state index in [2.05, 4.69) is 4.98 Å². The molecule has 142 valence electrons. The molecule has 1 aromatic heterocycles. The van der Waals surface area contributed by atoms with Crippen LogP contribution >= 0.6 is 0 Å². The summed E-state index contributed by atoms with van der Waals surface area (Å²) in [6, 6.07) is 1.93. The zero-order valence-corrected chi connectivity index (χ0v) is 14.2. The van der Waals surface area contributed by atoms with Crippen LogP contribution in [0, 0.1) is 23.2 Å². The first-order chi connectivity index (χ1) is 12.4. The number of aliphatic hydroxyl groups is 1. The summed E-state index contributed by atoms with van der Waals surface area (Å²) in [6.07, 6.45) is -4.79. The Balaban J connectivity index is 1.81. The van der Waals surface area contributed by atoms with Gasteiger partial charge in [0, 0.05) is 6.42 Å². The number of hydrogen-bond acceptors (Lipinski definition) is 6. The second-order valence-electron chi connectivity index (χ2n) is 7.48. The highest BCUT2D eigenvalue weighted by atomic mass is 19.4. The van der Waals surface area contributed by atoms with Gasteiger partial charge in [-0.05, 0) is 19.9 Å². The fourth-order valence-electron chi connectivity index (χ4n) is 4.66. The average Bonchev–Trinajstić information content (AvgIpc) is 3.07. The highest BCUT2D eigenvalue weighted by molar-refractivity contribution is 6.23. The van der Waals surface area contributed by atoms with Gasteiger partial charge in [-0.2, -0.15) is 18.4 Å². The predicted octanol–water partition coefficient (Wildman–Crippen LogP) is 1.39. The van der Waals surface area contributed by atoms with Crippen molar-refractivity contribution in [3.63, 3.8) is 0 Å². The molecule has 3 aliphatic rings. The van der Waals surface area contributed by atoms with Crippen LogP contribution in [0.3, 0.4) is 0 Å². The smallest absolute Gasteiger partial charge is 0.390 e. The number of anilines is 1. The van der Waals surface area contributed by atoms with Crippen molar-refractivity contribution in [1.29, 1.82) is 5.26 Å². The Kier molecular flexibility index (Phi) is 3.35. The van der Waals surface area contributed by atoms with Crippen molar-refractivity contribution in [1.82, 2.24) is 4.98 Å². The SMILES string of the molecule is CC12CC(O)C(C)(O1)C1C(=O)N(c3cnc(C#N)c(C(F)(F)F)c3)C(=O)C12. The Bertz CT molecular complexity index is 927. The lowest BCUT2D eigenvalue weighted by Crippen LogP contribution is -2.49. The van der Waals surface area contributed by atoms with Crippen LogP contribution in [0.25, 0.3) is 0 Å². The molecular weight excluding hydrogens is 367 g/mol. The maximum absolute atomic E-state index is 13.2. The number of carbonyl (C=O) groups is 2. The second kappa shape index (κ2) is 5.05. The van der Waals surface area contributed by atoms with Gasteiger partial charge in [-0.15, -0.1) is 0 Å². The lowest BCUT2D eigenvalue weighted by atomic mass is 9.67. The van der Waals surface area contributed by atoms with Crippen LogP contribution in [-0.4, -0.2) is 39.2 Å². The molecule has 3 aliphatic heterocycles. The molecule has 5 unspecified atom stereocenters. The Morgan fingerprint density at radius 1 is 1.33 bits per heavy atom. The molecule has 0 spiro atoms. The Hall–Kier alpha value is -2.51. The molecular formula is C17H14F3N3O4. The van der Waals surface area contributed by atoms with Gasteiger partial charge in [0.15, 0.2) is 5.69 Å². The molecule has 0 radical (unpaired) electrons. The Morgan fingerprint density at radius 2 is 1.96 bits per heavy atom. The Labute approximate surface area is 151 Å². The van der Waals surface area contributed by atoms with Crippen LogP contribution in [0.2, 0.25) is 0 Å². The van der Waals surface area contributed by atoms with Gasteiger partial charge in [-0.1, -0.05) is 0 Å². The zero-order valence-electron chi connectivity index (χ0n) is 14.2. The number of rotatable bonds is 1. The summed E-state index contributed by atoms with van der Waals surface area (Å²) in [5.74, 6) is -3.33. The molecule has 5 atom stereocenters. The van der Waals surface area contributed by atoms with Crippen molar-refractivity contribution in [2.75, 3.05) is 4.90 Å². The third-order valence-electron chi connectivity index (χ3n) is 5.84. The van der Waals surface area contributed by atoms with E-state index in [1.165, 1.54) is 13.0 Å². The number of nitrogens with zero attached hydrogens (tertiary/aromatic N) is 3. The highest BCUT2D eigenvalue weighted by Crippen LogP contribution is 2.61. The highest BCUT2D eigenvalue weighted by Gasteiger charge is 2.75. The summed E-state index contributed by atoms with van der Waals surface area (Å²) in [4.78, 5) is 30.0. The molecule has 0 saturated carbocycles. The zero-order chi connectivity index (χ0) is 19.9. The first-order valence-corrected chi connectivity index (χ1v) is 8.17. The molecule has 4 rings (SSSR count). The molecule has 27 heavy (non-hydrogen) atoms. The number of imide groups is 1. The fraction of sp³-hybridized carbons (Fsp3) is 0.529. The number of alkyl halides is 3. The molecule has 0 aliphatic carbocycles. The topological polar surface area (TPSA) is 104 Å². The summed E-state index contributed by atoms with van der Waals surface area (Å²) < 4.78 is 45.4. The minimum Gasteiger partial charge on any atom is -0.390 e. The van der Waals surface area contributed by atoms with E-state index in [1.807, 2.05) is 0 Å². The van der Waals surface area contributed by atoms with Crippen LogP contribution in [0.15, 0.2) is 12.3 Å². The van der Waals surface area contributed by atoms with Crippen LogP contribution in [0.5, 0.6) is 0 Å². The van der Waals surface area contributed by atoms with Crippen LogP contribution in [0.4, 0.5) is 18.9 Å². The first-order valence-electron chi connectivity index (χ1n) is 8.17. The summed E-state index contributed by atoms with van der Waals surface area (Å²) in [6.45, 7) is 3.14. The van der Waals surface area contributed by atoms with E-state index in [0.29, 0.717) is 11.0 Å². The summed E-state index contributed by atoms with van der Waals surface area (Å²) in [7, 11) is 0. The average molecular weight is 381 g/mol. The number of aliphatic hydroxyl groups excluding tert-OH is 1. The molecule has 1 aromatic rings. The number of carbonyl (C=O) groups excluding carboxylic acids is 2. The number of nitriles is 1. The quantitative estimate of drug-likeness (QED) is 0.738. The standard InChI is InChI=1S/C17H14F3N3O4/c1-15-4-10(24)16(2,27-15)12-11(15)13(25)23(14(12)26)7-3-8(17(18,19)20)9(5-21)22-6-7/h3,6,10-12,24H,4H2,1-2H3. The predicted molar refractivity (Wildman–Crippen MR) is 81.9 cm³/mol. The largest absolute Gasteiger partial charge is 0.419 e. The van der Waals surface area contributed by atoms with E-state index < -0.39 is 58.4 Å². The molecule has 3 saturated heterocycles. The van der Waals surface area contributed by atoms with E-state index in [9.17, 15) is 27.9 Å². The molecule has 2 bridgehead atoms. The Morgan fingerprint density at radius 3 is 2.56 bits per heavy atom. The first kappa shape index (κ1) is 17.9. The summed E-state index contributed by atoms with van der Waals surface area (Å²) in [5, 5.41) is 19.1. The van der Waals surface area contributed by atoms with Crippen molar-refractivity contribution >= 4 is 17.5 Å². The van der Waals surface area contributed by atoms with E-state index in [1.54, 1.807) is 6.92 Å². The fourth-order valence-corrected chi connectivity index (χ4v) is 4.66. The minimum absolute atomic E-state index is 0.150. The number of aromatic nitrogens is 1. The van der Waals surface area contributed by atoms with E-state index in [0.717, 1.165) is 6.20 Å². The molecule has 3 fully saturated rings. The third-order valence-corrected chi connectivity index (χ3v) is 5.84. The number of ether oxygens (including phenoxy) is 1. The van der Waals surface area contributed by atoms with E-state index in [4.69, 9.17) is 10.00 Å². The van der Waals surface area contributed by atoms with Gasteiger partial charge < -0.3 is 9.84 Å². The van der Waals surface area contributed by atoms with Crippen molar-refractivity contribution < 1.29 is 32.6 Å². The van der Waals surface area contributed by atoms with Crippen molar-refractivity contribution in [2.24, 2.45) is 11.8 Å². The molecule has 2 amide bonds. The number of halogens is 3. The number of hydrogen-bond donors (Lipinski definition) is 1. The molecule has 4 heterocycles. The third kappa shape index (κ3) is 2.12. The van der Waals surface area contributed by atoms with Crippen LogP contribution in [-0.2, 0) is 20.5 Å². The minimum atomic E-state index is -4.87. The van der Waals surface area contributed by atoms with Gasteiger partial charge in [-0.3, -0.25) is 9.59 Å². The van der Waals surface area contributed by atoms with Gasteiger partial charge in [0.25, 0.3) is 0 Å². The van der Waals surface area contributed by atoms with Crippen molar-refractivity contribution in [2.45, 2.75) is 43.8 Å². The number of fused-ring (bicyclic) bond motifs is 5. The van der Waals surface area contributed by atoms with Gasteiger partial charge >= 0.3 is 6.18 Å². The van der Waals surface area contributed by atoms with Gasteiger partial charge in [0.05, 0.1) is 41.0 Å². The molecule has 1 N–H and O–H groups in total. The lowest BCUT2D eigenvalue weighted by molar-refractivity contribution is -0.138. The van der Waals surface area contributed by atoms with Gasteiger partial charge in [-0.25, -0.2) is 9.88 Å². The second-order valence-corrected chi connectivity index (χ2v) is 7.48. The van der Waals surface area contributed by atoms with Gasteiger partial charge in [0.1, 0.15) is 11.7 Å².